The van der Waals surface area contributed by atoms with Gasteiger partial charge >= 0.3 is 0 Å². The number of para-hydroxylation sites is 1. The van der Waals surface area contributed by atoms with Crippen molar-refractivity contribution in [3.63, 3.8) is 0 Å². The van der Waals surface area contributed by atoms with Crippen LogP contribution in [-0.4, -0.2) is 21.4 Å². The van der Waals surface area contributed by atoms with Crippen molar-refractivity contribution in [2.24, 2.45) is 5.41 Å². The Morgan fingerprint density at radius 1 is 1.03 bits per heavy atom. The van der Waals surface area contributed by atoms with E-state index < -0.39 is 0 Å². The number of amides is 2. The van der Waals surface area contributed by atoms with E-state index in [1.54, 1.807) is 12.4 Å². The van der Waals surface area contributed by atoms with Crippen LogP contribution in [-0.2, 0) is 24.4 Å². The zero-order valence-corrected chi connectivity index (χ0v) is 18.3. The van der Waals surface area contributed by atoms with Gasteiger partial charge in [-0.3, -0.25) is 14.6 Å². The molecule has 1 aromatic carbocycles. The second-order valence-electron chi connectivity index (χ2n) is 9.19. The summed E-state index contributed by atoms with van der Waals surface area (Å²) in [6.45, 7) is 7.63. The van der Waals surface area contributed by atoms with Crippen LogP contribution in [0.4, 0.5) is 5.69 Å². The maximum Gasteiger partial charge on any atom is 0.268 e. The highest BCUT2D eigenvalue weighted by molar-refractivity contribution is 5.95. The van der Waals surface area contributed by atoms with Crippen LogP contribution in [0.1, 0.15) is 54.5 Å². The van der Waals surface area contributed by atoms with E-state index in [2.05, 4.69) is 31.1 Å². The first kappa shape index (κ1) is 20.8. The molecule has 0 unspecified atom stereocenters. The highest BCUT2D eigenvalue weighted by Crippen LogP contribution is 2.31. The minimum absolute atomic E-state index is 0.0946. The number of rotatable bonds is 4. The summed E-state index contributed by atoms with van der Waals surface area (Å²) in [4.78, 5) is 32.1. The van der Waals surface area contributed by atoms with Gasteiger partial charge in [0.05, 0.1) is 13.1 Å². The molecule has 0 saturated heterocycles. The maximum absolute atomic E-state index is 13.2. The number of nitrogens with zero attached hydrogens (tertiary/aromatic N) is 3. The van der Waals surface area contributed by atoms with Gasteiger partial charge in [0, 0.05) is 36.7 Å². The molecular formula is C25H28N4O2. The van der Waals surface area contributed by atoms with Crippen LogP contribution in [0, 0.1) is 5.41 Å². The van der Waals surface area contributed by atoms with Gasteiger partial charge in [0.15, 0.2) is 0 Å². The summed E-state index contributed by atoms with van der Waals surface area (Å²) in [7, 11) is 0. The molecule has 6 nitrogen and oxygen atoms in total. The number of anilines is 1. The van der Waals surface area contributed by atoms with Gasteiger partial charge in [-0.2, -0.15) is 0 Å². The van der Waals surface area contributed by atoms with E-state index in [0.29, 0.717) is 31.7 Å². The van der Waals surface area contributed by atoms with E-state index in [1.807, 2.05) is 58.0 Å². The number of carbonyl (C=O) groups excluding carboxylic acids is 2. The highest BCUT2D eigenvalue weighted by atomic mass is 16.2. The SMILES string of the molecule is CC(C)(C)CC(=O)N1Cc2ccc(C(=O)NCc3cccnc3)n2Cc2ccccc21. The minimum atomic E-state index is -0.137. The van der Waals surface area contributed by atoms with Crippen molar-refractivity contribution >= 4 is 17.5 Å². The molecule has 31 heavy (non-hydrogen) atoms. The predicted octanol–water partition coefficient (Wildman–Crippen LogP) is 4.14. The van der Waals surface area contributed by atoms with E-state index >= 15 is 0 Å². The number of aromatic nitrogens is 2. The van der Waals surface area contributed by atoms with Crippen LogP contribution in [0.5, 0.6) is 0 Å². The minimum Gasteiger partial charge on any atom is -0.347 e. The largest absolute Gasteiger partial charge is 0.347 e. The second kappa shape index (κ2) is 8.38. The molecule has 0 radical (unpaired) electrons. The Bertz CT molecular complexity index is 1100. The molecule has 4 rings (SSSR count). The number of nitrogens with one attached hydrogen (secondary N) is 1. The summed E-state index contributed by atoms with van der Waals surface area (Å²) in [6.07, 6.45) is 3.91. The van der Waals surface area contributed by atoms with Crippen molar-refractivity contribution in [1.29, 1.82) is 0 Å². The first-order valence-electron chi connectivity index (χ1n) is 10.6. The first-order valence-corrected chi connectivity index (χ1v) is 10.6. The summed E-state index contributed by atoms with van der Waals surface area (Å²) >= 11 is 0. The second-order valence-corrected chi connectivity index (χ2v) is 9.19. The molecule has 1 aliphatic heterocycles. The summed E-state index contributed by atoms with van der Waals surface area (Å²) in [5.41, 5.74) is 4.34. The van der Waals surface area contributed by atoms with Crippen LogP contribution in [0.3, 0.4) is 0 Å². The number of hydrogen-bond acceptors (Lipinski definition) is 3. The lowest BCUT2D eigenvalue weighted by atomic mass is 9.91. The van der Waals surface area contributed by atoms with Gasteiger partial charge in [-0.1, -0.05) is 45.0 Å². The average molecular weight is 417 g/mol. The van der Waals surface area contributed by atoms with Crippen LogP contribution in [0.25, 0.3) is 0 Å². The third-order valence-corrected chi connectivity index (χ3v) is 5.39. The smallest absolute Gasteiger partial charge is 0.268 e. The van der Waals surface area contributed by atoms with E-state index in [4.69, 9.17) is 0 Å². The lowest BCUT2D eigenvalue weighted by molar-refractivity contribution is -0.120. The van der Waals surface area contributed by atoms with Gasteiger partial charge in [0.25, 0.3) is 5.91 Å². The van der Waals surface area contributed by atoms with E-state index in [-0.39, 0.29) is 17.2 Å². The molecule has 0 aliphatic carbocycles. The molecule has 0 saturated carbocycles. The van der Waals surface area contributed by atoms with Crippen LogP contribution in [0.2, 0.25) is 0 Å². The van der Waals surface area contributed by atoms with Gasteiger partial charge in [-0.15, -0.1) is 0 Å². The monoisotopic (exact) mass is 416 g/mol. The van der Waals surface area contributed by atoms with Crippen molar-refractivity contribution in [3.8, 4) is 0 Å². The fourth-order valence-corrected chi connectivity index (χ4v) is 3.91. The number of carbonyl (C=O) groups is 2. The number of hydrogen-bond donors (Lipinski definition) is 1. The van der Waals surface area contributed by atoms with Gasteiger partial charge in [-0.05, 0) is 40.8 Å². The zero-order chi connectivity index (χ0) is 22.0. The van der Waals surface area contributed by atoms with Crippen LogP contribution < -0.4 is 10.2 Å². The number of fused-ring (bicyclic) bond motifs is 2. The standard InChI is InChI=1S/C25H28N4O2/c1-25(2,3)13-23(30)29-17-20-10-11-22(24(31)27-15-18-7-6-12-26-14-18)28(20)16-19-8-4-5-9-21(19)29/h4-12,14H,13,15-17H2,1-3H3,(H,27,31). The molecule has 0 atom stereocenters. The Morgan fingerprint density at radius 2 is 1.84 bits per heavy atom. The van der Waals surface area contributed by atoms with Crippen molar-refractivity contribution in [2.75, 3.05) is 4.90 Å². The Hall–Kier alpha value is -3.41. The Labute approximate surface area is 182 Å². The molecule has 3 heterocycles. The topological polar surface area (TPSA) is 67.2 Å². The summed E-state index contributed by atoms with van der Waals surface area (Å²) in [5.74, 6) is -0.0424. The first-order chi connectivity index (χ1) is 14.8. The fourth-order valence-electron chi connectivity index (χ4n) is 3.91. The molecule has 1 aliphatic rings. The molecule has 2 aromatic heterocycles. The molecular weight excluding hydrogens is 388 g/mol. The van der Waals surface area contributed by atoms with Crippen molar-refractivity contribution in [2.45, 2.75) is 46.8 Å². The fraction of sp³-hybridized carbons (Fsp3) is 0.320. The van der Waals surface area contributed by atoms with Crippen molar-refractivity contribution in [1.82, 2.24) is 14.9 Å². The summed E-state index contributed by atoms with van der Waals surface area (Å²) in [6, 6.07) is 15.5. The summed E-state index contributed by atoms with van der Waals surface area (Å²) in [5, 5.41) is 2.98. The van der Waals surface area contributed by atoms with E-state index in [9.17, 15) is 9.59 Å². The van der Waals surface area contributed by atoms with Gasteiger partial charge in [0.1, 0.15) is 5.69 Å². The van der Waals surface area contributed by atoms with Crippen molar-refractivity contribution < 1.29 is 9.59 Å². The third-order valence-electron chi connectivity index (χ3n) is 5.39. The highest BCUT2D eigenvalue weighted by Gasteiger charge is 2.28. The molecule has 0 fully saturated rings. The van der Waals surface area contributed by atoms with Crippen LogP contribution >= 0.6 is 0 Å². The van der Waals surface area contributed by atoms with Gasteiger partial charge < -0.3 is 14.8 Å². The zero-order valence-electron chi connectivity index (χ0n) is 18.3. The Balaban J connectivity index is 1.62. The summed E-state index contributed by atoms with van der Waals surface area (Å²) < 4.78 is 2.02. The van der Waals surface area contributed by atoms with Gasteiger partial charge in [-0.25, -0.2) is 0 Å². The normalized spacial score (nSPS) is 13.2. The molecule has 2 amide bonds. The maximum atomic E-state index is 13.2. The van der Waals surface area contributed by atoms with Crippen molar-refractivity contribution in [3.05, 3.63) is 83.4 Å². The van der Waals surface area contributed by atoms with Crippen LogP contribution in [0.15, 0.2) is 60.9 Å². The van der Waals surface area contributed by atoms with Gasteiger partial charge in [0.2, 0.25) is 5.91 Å². The lowest BCUT2D eigenvalue weighted by Gasteiger charge is -2.26. The molecule has 6 heteroatoms. The Morgan fingerprint density at radius 3 is 2.58 bits per heavy atom. The van der Waals surface area contributed by atoms with E-state index in [1.165, 1.54) is 0 Å². The number of benzene rings is 1. The average Bonchev–Trinajstić information content (AvgIpc) is 3.04. The molecule has 160 valence electrons. The third kappa shape index (κ3) is 4.68. The molecule has 0 spiro atoms. The lowest BCUT2D eigenvalue weighted by Crippen LogP contribution is -2.33. The predicted molar refractivity (Wildman–Crippen MR) is 121 cm³/mol. The molecule has 0 bridgehead atoms. The van der Waals surface area contributed by atoms with E-state index in [0.717, 1.165) is 22.5 Å². The molecule has 1 N–H and O–H groups in total. The number of pyridine rings is 1. The Kier molecular flexibility index (Phi) is 5.63. The quantitative estimate of drug-likeness (QED) is 0.695. The molecule has 3 aromatic rings.